The maximum atomic E-state index is 5.76. The number of hydrogen-bond donors (Lipinski definition) is 2. The zero-order valence-corrected chi connectivity index (χ0v) is 14.1. The Morgan fingerprint density at radius 1 is 1.22 bits per heavy atom. The summed E-state index contributed by atoms with van der Waals surface area (Å²) in [4.78, 5) is 2.55. The third-order valence-corrected chi connectivity index (χ3v) is 4.67. The van der Waals surface area contributed by atoms with Gasteiger partial charge in [-0.05, 0) is 37.1 Å². The minimum Gasteiger partial charge on any atom is -0.497 e. The Hall–Kier alpha value is -1.56. The lowest BCUT2D eigenvalue weighted by Crippen LogP contribution is -2.43. The summed E-state index contributed by atoms with van der Waals surface area (Å²) in [5, 5.41) is 4.74. The number of methoxy groups -OCH3 is 1. The predicted molar refractivity (Wildman–Crippen MR) is 95.2 cm³/mol. The van der Waals surface area contributed by atoms with Crippen molar-refractivity contribution in [3.63, 3.8) is 0 Å². The van der Waals surface area contributed by atoms with Gasteiger partial charge in [0, 0.05) is 56.9 Å². The number of ether oxygens (including phenoxy) is 1. The number of aryl methyl sites for hydroxylation is 1. The van der Waals surface area contributed by atoms with Crippen molar-refractivity contribution in [2.75, 3.05) is 46.4 Å². The van der Waals surface area contributed by atoms with Crippen LogP contribution in [-0.2, 0) is 13.0 Å². The molecule has 2 heterocycles. The molecule has 3 rings (SSSR count). The van der Waals surface area contributed by atoms with Crippen LogP contribution in [0.2, 0.25) is 0 Å². The first kappa shape index (κ1) is 16.3. The molecule has 126 valence electrons. The van der Waals surface area contributed by atoms with Gasteiger partial charge in [-0.2, -0.15) is 0 Å². The molecular weight excluding hydrogens is 288 g/mol. The minimum absolute atomic E-state index is 0.654. The van der Waals surface area contributed by atoms with Gasteiger partial charge >= 0.3 is 0 Å². The molecule has 0 unspecified atom stereocenters. The van der Waals surface area contributed by atoms with Crippen molar-refractivity contribution in [3.8, 4) is 5.75 Å². The van der Waals surface area contributed by atoms with Crippen molar-refractivity contribution >= 4 is 10.9 Å². The van der Waals surface area contributed by atoms with Gasteiger partial charge in [-0.3, -0.25) is 0 Å². The molecule has 5 heteroatoms. The second kappa shape index (κ2) is 7.81. The molecule has 1 aromatic heterocycles. The van der Waals surface area contributed by atoms with Gasteiger partial charge in [-0.15, -0.1) is 0 Å². The molecule has 23 heavy (non-hydrogen) atoms. The normalized spacial score (nSPS) is 16.1. The van der Waals surface area contributed by atoms with Crippen LogP contribution in [0.15, 0.2) is 24.4 Å². The monoisotopic (exact) mass is 316 g/mol. The highest BCUT2D eigenvalue weighted by molar-refractivity contribution is 5.85. The second-order valence-corrected chi connectivity index (χ2v) is 6.21. The summed E-state index contributed by atoms with van der Waals surface area (Å²) in [7, 11) is 1.71. The molecule has 0 aliphatic carbocycles. The highest BCUT2D eigenvalue weighted by Crippen LogP contribution is 2.26. The summed E-state index contributed by atoms with van der Waals surface area (Å²) < 4.78 is 7.63. The van der Waals surface area contributed by atoms with Crippen LogP contribution in [0.5, 0.6) is 5.75 Å². The first-order valence-corrected chi connectivity index (χ1v) is 8.60. The van der Waals surface area contributed by atoms with Crippen molar-refractivity contribution in [2.24, 2.45) is 5.73 Å². The lowest BCUT2D eigenvalue weighted by atomic mass is 10.1. The Labute approximate surface area is 138 Å². The average molecular weight is 316 g/mol. The van der Waals surface area contributed by atoms with Crippen LogP contribution in [-0.4, -0.2) is 55.8 Å². The molecule has 0 atom stereocenters. The molecule has 0 bridgehead atoms. The van der Waals surface area contributed by atoms with Crippen LogP contribution < -0.4 is 15.8 Å². The van der Waals surface area contributed by atoms with Gasteiger partial charge in [0.15, 0.2) is 0 Å². The Morgan fingerprint density at radius 3 is 2.78 bits per heavy atom. The fourth-order valence-electron chi connectivity index (χ4n) is 3.43. The smallest absolute Gasteiger partial charge is 0.120 e. The molecule has 0 saturated carbocycles. The van der Waals surface area contributed by atoms with E-state index in [-0.39, 0.29) is 0 Å². The van der Waals surface area contributed by atoms with E-state index in [1.54, 1.807) is 7.11 Å². The van der Waals surface area contributed by atoms with E-state index in [1.807, 2.05) is 0 Å². The van der Waals surface area contributed by atoms with E-state index in [4.69, 9.17) is 10.5 Å². The van der Waals surface area contributed by atoms with Crippen LogP contribution in [0.3, 0.4) is 0 Å². The quantitative estimate of drug-likeness (QED) is 0.812. The lowest BCUT2D eigenvalue weighted by Gasteiger charge is -2.26. The number of nitrogens with one attached hydrogen (secondary N) is 1. The molecule has 1 saturated heterocycles. The Bertz CT molecular complexity index is 631. The van der Waals surface area contributed by atoms with Crippen molar-refractivity contribution in [1.82, 2.24) is 14.8 Å². The Kier molecular flexibility index (Phi) is 5.54. The van der Waals surface area contributed by atoms with Gasteiger partial charge in [-0.1, -0.05) is 0 Å². The van der Waals surface area contributed by atoms with E-state index < -0.39 is 0 Å². The molecule has 0 radical (unpaired) electrons. The zero-order chi connectivity index (χ0) is 16.1. The summed E-state index contributed by atoms with van der Waals surface area (Å²) in [6.07, 6.45) is 4.59. The van der Waals surface area contributed by atoms with Crippen molar-refractivity contribution < 1.29 is 4.74 Å². The van der Waals surface area contributed by atoms with E-state index in [9.17, 15) is 0 Å². The highest BCUT2D eigenvalue weighted by atomic mass is 16.5. The van der Waals surface area contributed by atoms with Gasteiger partial charge in [0.05, 0.1) is 12.6 Å². The molecule has 5 nitrogen and oxygen atoms in total. The molecule has 0 amide bonds. The first-order valence-electron chi connectivity index (χ1n) is 8.60. The third kappa shape index (κ3) is 3.86. The standard InChI is InChI=1S/C18H28N4O/c1-23-16-4-5-17-15(14-22(10-6-19)18(17)13-16)3-2-9-21-11-7-20-8-12-21/h4-5,13-14,20H,2-3,6-12,19H2,1H3. The maximum absolute atomic E-state index is 5.76. The fourth-order valence-corrected chi connectivity index (χ4v) is 3.43. The second-order valence-electron chi connectivity index (χ2n) is 6.21. The molecule has 1 aliphatic heterocycles. The molecular formula is C18H28N4O. The van der Waals surface area contributed by atoms with Crippen molar-refractivity contribution in [2.45, 2.75) is 19.4 Å². The number of aromatic nitrogens is 1. The van der Waals surface area contributed by atoms with Gasteiger partial charge < -0.3 is 25.3 Å². The molecule has 1 fully saturated rings. The van der Waals surface area contributed by atoms with Crippen LogP contribution in [0, 0.1) is 0 Å². The molecule has 1 aliphatic rings. The Balaban J connectivity index is 1.71. The van der Waals surface area contributed by atoms with Crippen molar-refractivity contribution in [1.29, 1.82) is 0 Å². The summed E-state index contributed by atoms with van der Waals surface area (Å²) >= 11 is 0. The number of benzene rings is 1. The first-order chi connectivity index (χ1) is 11.3. The van der Waals surface area contributed by atoms with Crippen molar-refractivity contribution in [3.05, 3.63) is 30.0 Å². The van der Waals surface area contributed by atoms with Gasteiger partial charge in [-0.25, -0.2) is 0 Å². The number of piperazine rings is 1. The summed E-state index contributed by atoms with van der Waals surface area (Å²) in [6.45, 7) is 7.27. The van der Waals surface area contributed by atoms with Crippen LogP contribution >= 0.6 is 0 Å². The molecule has 2 aromatic rings. The van der Waals surface area contributed by atoms with E-state index in [2.05, 4.69) is 39.2 Å². The maximum Gasteiger partial charge on any atom is 0.120 e. The van der Waals surface area contributed by atoms with E-state index in [0.29, 0.717) is 6.54 Å². The van der Waals surface area contributed by atoms with Crippen LogP contribution in [0.1, 0.15) is 12.0 Å². The highest BCUT2D eigenvalue weighted by Gasteiger charge is 2.12. The minimum atomic E-state index is 0.654. The third-order valence-electron chi connectivity index (χ3n) is 4.67. The number of hydrogen-bond acceptors (Lipinski definition) is 4. The number of fused-ring (bicyclic) bond motifs is 1. The molecule has 3 N–H and O–H groups in total. The van der Waals surface area contributed by atoms with Gasteiger partial charge in [0.2, 0.25) is 0 Å². The van der Waals surface area contributed by atoms with Gasteiger partial charge in [0.1, 0.15) is 5.75 Å². The molecule has 0 spiro atoms. The van der Waals surface area contributed by atoms with E-state index >= 15 is 0 Å². The van der Waals surface area contributed by atoms with Crippen LogP contribution in [0.25, 0.3) is 10.9 Å². The topological polar surface area (TPSA) is 55.5 Å². The predicted octanol–water partition coefficient (Wildman–Crippen LogP) is 1.45. The zero-order valence-electron chi connectivity index (χ0n) is 14.1. The van der Waals surface area contributed by atoms with Gasteiger partial charge in [0.25, 0.3) is 0 Å². The largest absolute Gasteiger partial charge is 0.497 e. The number of nitrogens with zero attached hydrogens (tertiary/aromatic N) is 2. The van der Waals surface area contributed by atoms with E-state index in [0.717, 1.165) is 31.8 Å². The fraction of sp³-hybridized carbons (Fsp3) is 0.556. The number of rotatable bonds is 7. The van der Waals surface area contributed by atoms with E-state index in [1.165, 1.54) is 42.5 Å². The average Bonchev–Trinajstić information content (AvgIpc) is 2.93. The Morgan fingerprint density at radius 2 is 2.04 bits per heavy atom. The van der Waals surface area contributed by atoms with Crippen LogP contribution in [0.4, 0.5) is 0 Å². The molecule has 1 aromatic carbocycles. The summed E-state index contributed by atoms with van der Waals surface area (Å²) in [5.41, 5.74) is 8.42. The lowest BCUT2D eigenvalue weighted by molar-refractivity contribution is 0.238. The summed E-state index contributed by atoms with van der Waals surface area (Å²) in [6, 6.07) is 6.35. The SMILES string of the molecule is COc1ccc2c(CCCN3CCNCC3)cn(CCN)c2c1. The summed E-state index contributed by atoms with van der Waals surface area (Å²) in [5.74, 6) is 0.904. The number of nitrogens with two attached hydrogens (primary N) is 1.